The Hall–Kier alpha value is -0.120. The zero-order valence-electron chi connectivity index (χ0n) is 8.10. The SMILES string of the molecule is CNCCOCC1CC(NC)C1. The molecule has 0 unspecified atom stereocenters. The van der Waals surface area contributed by atoms with Gasteiger partial charge in [0.15, 0.2) is 0 Å². The highest BCUT2D eigenvalue weighted by molar-refractivity contribution is 4.83. The summed E-state index contributed by atoms with van der Waals surface area (Å²) in [4.78, 5) is 0. The summed E-state index contributed by atoms with van der Waals surface area (Å²) in [6.07, 6.45) is 2.58. The molecule has 1 fully saturated rings. The fraction of sp³-hybridized carbons (Fsp3) is 1.00. The Morgan fingerprint density at radius 1 is 1.33 bits per heavy atom. The molecule has 72 valence electrons. The van der Waals surface area contributed by atoms with E-state index in [-0.39, 0.29) is 0 Å². The van der Waals surface area contributed by atoms with Gasteiger partial charge in [-0.1, -0.05) is 0 Å². The smallest absolute Gasteiger partial charge is 0.0590 e. The third-order valence-corrected chi connectivity index (χ3v) is 2.49. The monoisotopic (exact) mass is 172 g/mol. The maximum atomic E-state index is 5.48. The molecule has 0 spiro atoms. The van der Waals surface area contributed by atoms with Crippen LogP contribution in [0.1, 0.15) is 12.8 Å². The summed E-state index contributed by atoms with van der Waals surface area (Å²) in [7, 11) is 3.98. The lowest BCUT2D eigenvalue weighted by molar-refractivity contribution is 0.0584. The summed E-state index contributed by atoms with van der Waals surface area (Å²) in [6, 6.07) is 0.753. The molecular weight excluding hydrogens is 152 g/mol. The van der Waals surface area contributed by atoms with Crippen LogP contribution in [0.15, 0.2) is 0 Å². The number of rotatable bonds is 6. The number of ether oxygens (including phenoxy) is 1. The van der Waals surface area contributed by atoms with Crippen molar-refractivity contribution in [2.24, 2.45) is 5.92 Å². The second kappa shape index (κ2) is 5.51. The first-order valence-corrected chi connectivity index (χ1v) is 4.76. The van der Waals surface area contributed by atoms with Crippen molar-refractivity contribution in [3.63, 3.8) is 0 Å². The summed E-state index contributed by atoms with van der Waals surface area (Å²) < 4.78 is 5.48. The Balaban J connectivity index is 1.83. The van der Waals surface area contributed by atoms with Crippen molar-refractivity contribution in [1.29, 1.82) is 0 Å². The van der Waals surface area contributed by atoms with Gasteiger partial charge in [0.25, 0.3) is 0 Å². The zero-order valence-corrected chi connectivity index (χ0v) is 8.10. The molecule has 0 amide bonds. The maximum Gasteiger partial charge on any atom is 0.0590 e. The zero-order chi connectivity index (χ0) is 8.81. The minimum Gasteiger partial charge on any atom is -0.380 e. The first-order chi connectivity index (χ1) is 5.86. The highest BCUT2D eigenvalue weighted by Gasteiger charge is 2.27. The van der Waals surface area contributed by atoms with Crippen LogP contribution in [0.25, 0.3) is 0 Å². The van der Waals surface area contributed by atoms with Gasteiger partial charge in [0.05, 0.1) is 6.61 Å². The Morgan fingerprint density at radius 2 is 2.08 bits per heavy atom. The fourth-order valence-electron chi connectivity index (χ4n) is 1.53. The largest absolute Gasteiger partial charge is 0.380 e. The summed E-state index contributed by atoms with van der Waals surface area (Å²) in [6.45, 7) is 2.75. The van der Waals surface area contributed by atoms with Crippen molar-refractivity contribution in [3.05, 3.63) is 0 Å². The minimum absolute atomic E-state index is 0.753. The number of hydrogen-bond donors (Lipinski definition) is 2. The molecule has 0 aliphatic heterocycles. The molecule has 0 atom stereocenters. The molecule has 1 rings (SSSR count). The molecule has 3 nitrogen and oxygen atoms in total. The lowest BCUT2D eigenvalue weighted by atomic mass is 9.81. The predicted molar refractivity (Wildman–Crippen MR) is 50.3 cm³/mol. The van der Waals surface area contributed by atoms with E-state index in [2.05, 4.69) is 10.6 Å². The molecule has 2 N–H and O–H groups in total. The van der Waals surface area contributed by atoms with Crippen LogP contribution in [0.4, 0.5) is 0 Å². The van der Waals surface area contributed by atoms with Crippen LogP contribution >= 0.6 is 0 Å². The molecule has 0 radical (unpaired) electrons. The standard InChI is InChI=1S/C9H20N2O/c1-10-3-4-12-7-8-5-9(6-8)11-2/h8-11H,3-7H2,1-2H3. The van der Waals surface area contributed by atoms with Crippen molar-refractivity contribution in [2.45, 2.75) is 18.9 Å². The normalized spacial score (nSPS) is 28.5. The highest BCUT2D eigenvalue weighted by Crippen LogP contribution is 2.26. The van der Waals surface area contributed by atoms with Gasteiger partial charge in [0.1, 0.15) is 0 Å². The van der Waals surface area contributed by atoms with Crippen molar-refractivity contribution in [1.82, 2.24) is 10.6 Å². The summed E-state index contributed by atoms with van der Waals surface area (Å²) in [5, 5.41) is 6.33. The molecule has 1 aliphatic carbocycles. The third kappa shape index (κ3) is 3.09. The Morgan fingerprint density at radius 3 is 2.67 bits per heavy atom. The van der Waals surface area contributed by atoms with E-state index in [9.17, 15) is 0 Å². The van der Waals surface area contributed by atoms with E-state index < -0.39 is 0 Å². The fourth-order valence-corrected chi connectivity index (χ4v) is 1.53. The Bertz CT molecular complexity index is 113. The van der Waals surface area contributed by atoms with E-state index in [1.165, 1.54) is 12.8 Å². The average Bonchev–Trinajstić information content (AvgIpc) is 2.01. The molecular formula is C9H20N2O. The Kier molecular flexibility index (Phi) is 4.58. The quantitative estimate of drug-likeness (QED) is 0.562. The summed E-state index contributed by atoms with van der Waals surface area (Å²) in [5.74, 6) is 0.805. The molecule has 0 heterocycles. The average molecular weight is 172 g/mol. The van der Waals surface area contributed by atoms with Gasteiger partial charge in [-0.15, -0.1) is 0 Å². The molecule has 0 aromatic heterocycles. The van der Waals surface area contributed by atoms with Gasteiger partial charge in [-0.05, 0) is 32.9 Å². The molecule has 0 aromatic carbocycles. The molecule has 12 heavy (non-hydrogen) atoms. The first-order valence-electron chi connectivity index (χ1n) is 4.76. The summed E-state index contributed by atoms with van der Waals surface area (Å²) in [5.41, 5.74) is 0. The lowest BCUT2D eigenvalue weighted by Crippen LogP contribution is -2.41. The number of hydrogen-bond acceptors (Lipinski definition) is 3. The predicted octanol–water partition coefficient (Wildman–Crippen LogP) is 0.220. The van der Waals surface area contributed by atoms with E-state index in [0.29, 0.717) is 0 Å². The van der Waals surface area contributed by atoms with Gasteiger partial charge >= 0.3 is 0 Å². The number of nitrogens with one attached hydrogen (secondary N) is 2. The second-order valence-electron chi connectivity index (χ2n) is 3.50. The lowest BCUT2D eigenvalue weighted by Gasteiger charge is -2.34. The van der Waals surface area contributed by atoms with Crippen LogP contribution < -0.4 is 10.6 Å². The highest BCUT2D eigenvalue weighted by atomic mass is 16.5. The van der Waals surface area contributed by atoms with E-state index in [1.807, 2.05) is 14.1 Å². The van der Waals surface area contributed by atoms with Crippen LogP contribution in [0, 0.1) is 5.92 Å². The van der Waals surface area contributed by atoms with Gasteiger partial charge in [-0.3, -0.25) is 0 Å². The van der Waals surface area contributed by atoms with Crippen molar-refractivity contribution in [2.75, 3.05) is 33.9 Å². The third-order valence-electron chi connectivity index (χ3n) is 2.49. The van der Waals surface area contributed by atoms with E-state index in [1.54, 1.807) is 0 Å². The maximum absolute atomic E-state index is 5.48. The van der Waals surface area contributed by atoms with E-state index >= 15 is 0 Å². The van der Waals surface area contributed by atoms with Gasteiger partial charge in [-0.2, -0.15) is 0 Å². The number of likely N-dealkylation sites (N-methyl/N-ethyl adjacent to an activating group) is 1. The first kappa shape index (κ1) is 9.96. The van der Waals surface area contributed by atoms with Crippen LogP contribution in [0.3, 0.4) is 0 Å². The molecule has 0 aromatic rings. The molecule has 1 saturated carbocycles. The second-order valence-corrected chi connectivity index (χ2v) is 3.50. The molecule has 1 aliphatic rings. The Labute approximate surface area is 74.9 Å². The van der Waals surface area contributed by atoms with Crippen LogP contribution in [-0.2, 0) is 4.74 Å². The molecule has 3 heteroatoms. The molecule has 0 bridgehead atoms. The molecule has 0 saturated heterocycles. The van der Waals surface area contributed by atoms with Crippen molar-refractivity contribution in [3.8, 4) is 0 Å². The van der Waals surface area contributed by atoms with Gasteiger partial charge in [0, 0.05) is 19.2 Å². The van der Waals surface area contributed by atoms with E-state index in [4.69, 9.17) is 4.74 Å². The van der Waals surface area contributed by atoms with Crippen molar-refractivity contribution < 1.29 is 4.74 Å². The van der Waals surface area contributed by atoms with Crippen LogP contribution in [-0.4, -0.2) is 39.9 Å². The van der Waals surface area contributed by atoms with Gasteiger partial charge < -0.3 is 15.4 Å². The van der Waals surface area contributed by atoms with Gasteiger partial charge in [-0.25, -0.2) is 0 Å². The topological polar surface area (TPSA) is 33.3 Å². The van der Waals surface area contributed by atoms with Crippen LogP contribution in [0.5, 0.6) is 0 Å². The van der Waals surface area contributed by atoms with Crippen LogP contribution in [0.2, 0.25) is 0 Å². The van der Waals surface area contributed by atoms with E-state index in [0.717, 1.165) is 31.7 Å². The van der Waals surface area contributed by atoms with Gasteiger partial charge in [0.2, 0.25) is 0 Å². The minimum atomic E-state index is 0.753. The summed E-state index contributed by atoms with van der Waals surface area (Å²) >= 11 is 0. The van der Waals surface area contributed by atoms with Crippen molar-refractivity contribution >= 4 is 0 Å².